The van der Waals surface area contributed by atoms with Crippen LogP contribution in [0.1, 0.15) is 32.1 Å². The highest BCUT2D eigenvalue weighted by atomic mass is 32.2. The van der Waals surface area contributed by atoms with Crippen LogP contribution >= 0.6 is 11.8 Å². The fourth-order valence-corrected chi connectivity index (χ4v) is 3.18. The molecular formula is C11H21N3S. The summed E-state index contributed by atoms with van der Waals surface area (Å²) in [7, 11) is 0. The molecule has 0 aromatic carbocycles. The van der Waals surface area contributed by atoms with E-state index in [1.165, 1.54) is 37.9 Å². The van der Waals surface area contributed by atoms with Crippen molar-refractivity contribution < 1.29 is 0 Å². The summed E-state index contributed by atoms with van der Waals surface area (Å²) < 4.78 is 0. The van der Waals surface area contributed by atoms with E-state index in [2.05, 4.69) is 22.1 Å². The number of nitrogens with two attached hydrogens (primary N) is 1. The molecule has 2 fully saturated rings. The van der Waals surface area contributed by atoms with Gasteiger partial charge in [-0.15, -0.1) is 0 Å². The summed E-state index contributed by atoms with van der Waals surface area (Å²) in [4.78, 5) is 4.38. The van der Waals surface area contributed by atoms with Crippen LogP contribution in [-0.2, 0) is 0 Å². The van der Waals surface area contributed by atoms with Gasteiger partial charge in [-0.2, -0.15) is 11.8 Å². The Morgan fingerprint density at radius 1 is 1.33 bits per heavy atom. The molecule has 0 bridgehead atoms. The van der Waals surface area contributed by atoms with Gasteiger partial charge in [0.05, 0.1) is 0 Å². The highest BCUT2D eigenvalue weighted by Crippen LogP contribution is 2.26. The van der Waals surface area contributed by atoms with Crippen molar-refractivity contribution in [3.63, 3.8) is 0 Å². The van der Waals surface area contributed by atoms with Crippen molar-refractivity contribution in [3.8, 4) is 0 Å². The smallest absolute Gasteiger partial charge is 0.188 e. The molecule has 0 spiro atoms. The predicted octanol–water partition coefficient (Wildman–Crippen LogP) is 1.59. The summed E-state index contributed by atoms with van der Waals surface area (Å²) in [6.07, 6.45) is 6.75. The van der Waals surface area contributed by atoms with Crippen molar-refractivity contribution >= 4 is 17.7 Å². The molecular weight excluding hydrogens is 206 g/mol. The molecule has 2 rings (SSSR count). The first-order valence-electron chi connectivity index (χ1n) is 6.00. The van der Waals surface area contributed by atoms with E-state index in [9.17, 15) is 0 Å². The molecule has 15 heavy (non-hydrogen) atoms. The molecule has 0 amide bonds. The van der Waals surface area contributed by atoms with Gasteiger partial charge in [0.2, 0.25) is 0 Å². The number of nitrogens with one attached hydrogen (secondary N) is 1. The fourth-order valence-electron chi connectivity index (χ4n) is 1.98. The molecule has 1 aliphatic carbocycles. The third-order valence-corrected chi connectivity index (χ3v) is 4.68. The first-order chi connectivity index (χ1) is 7.34. The Morgan fingerprint density at radius 3 is 2.80 bits per heavy atom. The second-order valence-corrected chi connectivity index (χ2v) is 5.95. The van der Waals surface area contributed by atoms with E-state index in [1.807, 2.05) is 0 Å². The Labute approximate surface area is 96.3 Å². The lowest BCUT2D eigenvalue weighted by Crippen LogP contribution is -2.36. The molecule has 3 N–H and O–H groups in total. The fraction of sp³-hybridized carbons (Fsp3) is 0.909. The van der Waals surface area contributed by atoms with Crippen LogP contribution in [-0.4, -0.2) is 30.1 Å². The van der Waals surface area contributed by atoms with Gasteiger partial charge in [0.25, 0.3) is 0 Å². The average Bonchev–Trinajstić information content (AvgIpc) is 2.64. The molecule has 1 heterocycles. The normalized spacial score (nSPS) is 27.7. The van der Waals surface area contributed by atoms with E-state index in [4.69, 9.17) is 5.73 Å². The molecule has 1 saturated heterocycles. The van der Waals surface area contributed by atoms with Crippen LogP contribution < -0.4 is 11.1 Å². The molecule has 3 nitrogen and oxygen atoms in total. The molecule has 1 saturated carbocycles. The Bertz CT molecular complexity index is 220. The van der Waals surface area contributed by atoms with Crippen LogP contribution in [0.15, 0.2) is 4.99 Å². The summed E-state index contributed by atoms with van der Waals surface area (Å²) >= 11 is 2.05. The zero-order chi connectivity index (χ0) is 10.5. The Balaban J connectivity index is 1.59. The van der Waals surface area contributed by atoms with E-state index in [1.54, 1.807) is 0 Å². The van der Waals surface area contributed by atoms with Gasteiger partial charge >= 0.3 is 0 Å². The Morgan fingerprint density at radius 2 is 2.20 bits per heavy atom. The van der Waals surface area contributed by atoms with E-state index < -0.39 is 0 Å². The third-order valence-electron chi connectivity index (χ3n) is 3.28. The van der Waals surface area contributed by atoms with Crippen molar-refractivity contribution in [2.75, 3.05) is 18.8 Å². The first-order valence-corrected chi connectivity index (χ1v) is 7.05. The number of nitrogens with zero attached hydrogens (tertiary/aromatic N) is 1. The van der Waals surface area contributed by atoms with Gasteiger partial charge in [0.1, 0.15) is 0 Å². The quantitative estimate of drug-likeness (QED) is 0.566. The maximum Gasteiger partial charge on any atom is 0.188 e. The molecule has 2 aliphatic rings. The van der Waals surface area contributed by atoms with Crippen LogP contribution in [0, 0.1) is 5.92 Å². The highest BCUT2D eigenvalue weighted by molar-refractivity contribution is 8.00. The SMILES string of the molecule is NC(=NCC1CCC1)NCC1CCCS1. The molecule has 1 atom stereocenters. The minimum Gasteiger partial charge on any atom is -0.370 e. The first kappa shape index (κ1) is 11.1. The van der Waals surface area contributed by atoms with Crippen molar-refractivity contribution in [2.45, 2.75) is 37.4 Å². The predicted molar refractivity (Wildman–Crippen MR) is 67.3 cm³/mol. The number of hydrogen-bond acceptors (Lipinski definition) is 2. The monoisotopic (exact) mass is 227 g/mol. The van der Waals surface area contributed by atoms with Gasteiger partial charge in [-0.3, -0.25) is 4.99 Å². The van der Waals surface area contributed by atoms with Crippen molar-refractivity contribution in [2.24, 2.45) is 16.6 Å². The second kappa shape index (κ2) is 5.64. The summed E-state index contributed by atoms with van der Waals surface area (Å²) in [5, 5.41) is 3.99. The zero-order valence-corrected chi connectivity index (χ0v) is 10.1. The number of rotatable bonds is 4. The van der Waals surface area contributed by atoms with E-state index in [0.29, 0.717) is 5.96 Å². The van der Waals surface area contributed by atoms with Crippen LogP contribution in [0.5, 0.6) is 0 Å². The second-order valence-electron chi connectivity index (χ2n) is 4.54. The van der Waals surface area contributed by atoms with E-state index >= 15 is 0 Å². The molecule has 1 unspecified atom stereocenters. The molecule has 0 radical (unpaired) electrons. The molecule has 0 aromatic rings. The van der Waals surface area contributed by atoms with Crippen molar-refractivity contribution in [1.29, 1.82) is 0 Å². The number of hydrogen-bond donors (Lipinski definition) is 2. The minimum absolute atomic E-state index is 0.648. The van der Waals surface area contributed by atoms with Crippen molar-refractivity contribution in [1.82, 2.24) is 5.32 Å². The summed E-state index contributed by atoms with van der Waals surface area (Å²) in [5.41, 5.74) is 5.81. The lowest BCUT2D eigenvalue weighted by Gasteiger charge is -2.23. The standard InChI is InChI=1S/C11H21N3S/c12-11(13-7-9-3-1-4-9)14-8-10-5-2-6-15-10/h9-10H,1-8H2,(H3,12,13,14). The topological polar surface area (TPSA) is 50.4 Å². The Kier molecular flexibility index (Phi) is 4.18. The van der Waals surface area contributed by atoms with Gasteiger partial charge < -0.3 is 11.1 Å². The van der Waals surface area contributed by atoms with Crippen molar-refractivity contribution in [3.05, 3.63) is 0 Å². The van der Waals surface area contributed by atoms with Gasteiger partial charge in [0.15, 0.2) is 5.96 Å². The van der Waals surface area contributed by atoms with Gasteiger partial charge in [-0.05, 0) is 37.4 Å². The molecule has 0 aromatic heterocycles. The van der Waals surface area contributed by atoms with Gasteiger partial charge in [-0.1, -0.05) is 6.42 Å². The minimum atomic E-state index is 0.648. The Hall–Kier alpha value is -0.380. The number of thioether (sulfide) groups is 1. The van der Waals surface area contributed by atoms with Gasteiger partial charge in [0, 0.05) is 18.3 Å². The molecule has 86 valence electrons. The van der Waals surface area contributed by atoms with Crippen LogP contribution in [0.3, 0.4) is 0 Å². The number of guanidine groups is 1. The lowest BCUT2D eigenvalue weighted by atomic mass is 9.86. The van der Waals surface area contributed by atoms with Gasteiger partial charge in [-0.25, -0.2) is 0 Å². The van der Waals surface area contributed by atoms with E-state index in [-0.39, 0.29) is 0 Å². The summed E-state index contributed by atoms with van der Waals surface area (Å²) in [6.45, 7) is 1.92. The summed E-state index contributed by atoms with van der Waals surface area (Å²) in [5.74, 6) is 2.77. The highest BCUT2D eigenvalue weighted by Gasteiger charge is 2.17. The van der Waals surface area contributed by atoms with Crippen LogP contribution in [0.2, 0.25) is 0 Å². The number of aliphatic imine (C=N–C) groups is 1. The maximum absolute atomic E-state index is 5.81. The van der Waals surface area contributed by atoms with Crippen LogP contribution in [0.4, 0.5) is 0 Å². The zero-order valence-electron chi connectivity index (χ0n) is 9.24. The summed E-state index contributed by atoms with van der Waals surface area (Å²) in [6, 6.07) is 0. The largest absolute Gasteiger partial charge is 0.370 e. The van der Waals surface area contributed by atoms with Crippen LogP contribution in [0.25, 0.3) is 0 Å². The van der Waals surface area contributed by atoms with E-state index in [0.717, 1.165) is 24.3 Å². The average molecular weight is 227 g/mol. The molecule has 1 aliphatic heterocycles. The third kappa shape index (κ3) is 3.59. The lowest BCUT2D eigenvalue weighted by molar-refractivity contribution is 0.326. The molecule has 4 heteroatoms. The maximum atomic E-state index is 5.81.